The third-order valence-electron chi connectivity index (χ3n) is 3.67. The van der Waals surface area contributed by atoms with Crippen LogP contribution in [0.1, 0.15) is 49.0 Å². The van der Waals surface area contributed by atoms with E-state index in [9.17, 15) is 14.4 Å². The van der Waals surface area contributed by atoms with Crippen molar-refractivity contribution in [3.05, 3.63) is 35.4 Å². The summed E-state index contributed by atoms with van der Waals surface area (Å²) in [7, 11) is 1.31. The smallest absolute Gasteiger partial charge is 0.328 e. The molecule has 1 aromatic rings. The van der Waals surface area contributed by atoms with E-state index in [4.69, 9.17) is 4.74 Å². The number of esters is 1. The summed E-state index contributed by atoms with van der Waals surface area (Å²) in [5, 5.41) is 5.49. The Bertz CT molecular complexity index is 599. The van der Waals surface area contributed by atoms with E-state index < -0.39 is 12.0 Å². The van der Waals surface area contributed by atoms with Crippen LogP contribution >= 0.6 is 0 Å². The van der Waals surface area contributed by atoms with Crippen molar-refractivity contribution < 1.29 is 19.1 Å². The summed E-state index contributed by atoms with van der Waals surface area (Å²) in [5.41, 5.74) is 1.62. The summed E-state index contributed by atoms with van der Waals surface area (Å²) in [6, 6.07) is 6.70. The zero-order valence-corrected chi connectivity index (χ0v) is 15.4. The number of hydrogen-bond acceptors (Lipinski definition) is 4. The normalized spacial score (nSPS) is 11.7. The summed E-state index contributed by atoms with van der Waals surface area (Å²) in [5.74, 6) is -0.551. The molecule has 0 aliphatic rings. The molecule has 0 aliphatic carbocycles. The average molecular weight is 348 g/mol. The molecule has 1 atom stereocenters. The Morgan fingerprint density at radius 3 is 2.52 bits per heavy atom. The number of ether oxygens (including phenoxy) is 1. The molecular weight excluding hydrogens is 320 g/mol. The molecule has 25 heavy (non-hydrogen) atoms. The molecule has 2 N–H and O–H groups in total. The first kappa shape index (κ1) is 20.7. The largest absolute Gasteiger partial charge is 0.467 e. The molecule has 6 nitrogen and oxygen atoms in total. The van der Waals surface area contributed by atoms with E-state index in [1.165, 1.54) is 7.11 Å². The Balaban J connectivity index is 2.36. The van der Waals surface area contributed by atoms with Crippen LogP contribution in [0, 0.1) is 12.8 Å². The number of carbonyl (C=O) groups is 3. The molecule has 0 spiro atoms. The molecule has 0 unspecified atom stereocenters. The lowest BCUT2D eigenvalue weighted by atomic mass is 10.0. The third kappa shape index (κ3) is 7.83. The first-order valence-corrected chi connectivity index (χ1v) is 8.55. The van der Waals surface area contributed by atoms with Crippen molar-refractivity contribution in [2.45, 2.75) is 46.1 Å². The van der Waals surface area contributed by atoms with Gasteiger partial charge in [-0.3, -0.25) is 9.59 Å². The first-order valence-electron chi connectivity index (χ1n) is 8.55. The van der Waals surface area contributed by atoms with E-state index in [2.05, 4.69) is 10.6 Å². The minimum absolute atomic E-state index is 0.156. The Morgan fingerprint density at radius 1 is 1.20 bits per heavy atom. The van der Waals surface area contributed by atoms with Crippen LogP contribution in [-0.4, -0.2) is 37.5 Å². The van der Waals surface area contributed by atoms with Gasteiger partial charge in [0.15, 0.2) is 0 Å². The van der Waals surface area contributed by atoms with Gasteiger partial charge < -0.3 is 15.4 Å². The highest BCUT2D eigenvalue weighted by Crippen LogP contribution is 2.07. The lowest BCUT2D eigenvalue weighted by Crippen LogP contribution is -2.42. The number of aryl methyl sites for hydroxylation is 1. The maximum Gasteiger partial charge on any atom is 0.328 e. The minimum Gasteiger partial charge on any atom is -0.467 e. The molecule has 1 aromatic carbocycles. The topological polar surface area (TPSA) is 84.5 Å². The quantitative estimate of drug-likeness (QED) is 0.529. The third-order valence-corrected chi connectivity index (χ3v) is 3.67. The van der Waals surface area contributed by atoms with Crippen LogP contribution in [-0.2, 0) is 14.3 Å². The molecule has 0 heterocycles. The summed E-state index contributed by atoms with van der Waals surface area (Å²) in [4.78, 5) is 35.7. The van der Waals surface area contributed by atoms with Crippen LogP contribution in [0.3, 0.4) is 0 Å². The van der Waals surface area contributed by atoms with Crippen molar-refractivity contribution in [2.75, 3.05) is 13.7 Å². The minimum atomic E-state index is -0.626. The molecule has 0 aliphatic heterocycles. The summed E-state index contributed by atoms with van der Waals surface area (Å²) >= 11 is 0. The predicted molar refractivity (Wildman–Crippen MR) is 96.1 cm³/mol. The number of benzene rings is 1. The molecular formula is C19H28N2O4. The van der Waals surface area contributed by atoms with Crippen molar-refractivity contribution in [3.63, 3.8) is 0 Å². The van der Waals surface area contributed by atoms with Crippen molar-refractivity contribution in [2.24, 2.45) is 5.92 Å². The van der Waals surface area contributed by atoms with E-state index in [0.29, 0.717) is 24.9 Å². The van der Waals surface area contributed by atoms with Crippen molar-refractivity contribution >= 4 is 17.8 Å². The number of rotatable bonds is 9. The number of nitrogens with one attached hydrogen (secondary N) is 2. The van der Waals surface area contributed by atoms with Gasteiger partial charge in [0.25, 0.3) is 5.91 Å². The van der Waals surface area contributed by atoms with E-state index in [0.717, 1.165) is 5.56 Å². The van der Waals surface area contributed by atoms with Gasteiger partial charge in [0.2, 0.25) is 5.91 Å². The van der Waals surface area contributed by atoms with Crippen LogP contribution in [0.5, 0.6) is 0 Å². The molecule has 0 radical (unpaired) electrons. The van der Waals surface area contributed by atoms with E-state index in [1.54, 1.807) is 6.07 Å². The molecule has 6 heteroatoms. The Hall–Kier alpha value is -2.37. The summed E-state index contributed by atoms with van der Waals surface area (Å²) in [6.07, 6.45) is 1.27. The van der Waals surface area contributed by atoms with E-state index in [-0.39, 0.29) is 24.2 Å². The predicted octanol–water partition coefficient (Wildman–Crippen LogP) is 2.21. The van der Waals surface area contributed by atoms with Crippen LogP contribution in [0.15, 0.2) is 24.3 Å². The van der Waals surface area contributed by atoms with Gasteiger partial charge >= 0.3 is 5.97 Å². The highest BCUT2D eigenvalue weighted by molar-refractivity contribution is 5.94. The Morgan fingerprint density at radius 2 is 1.92 bits per heavy atom. The molecule has 0 aromatic heterocycles. The zero-order valence-electron chi connectivity index (χ0n) is 15.4. The zero-order chi connectivity index (χ0) is 18.8. The van der Waals surface area contributed by atoms with Gasteiger partial charge in [0, 0.05) is 18.5 Å². The maximum atomic E-state index is 12.0. The molecule has 0 fully saturated rings. The van der Waals surface area contributed by atoms with Crippen LogP contribution in [0.4, 0.5) is 0 Å². The molecule has 0 bridgehead atoms. The van der Waals surface area contributed by atoms with E-state index >= 15 is 0 Å². The van der Waals surface area contributed by atoms with Crippen molar-refractivity contribution in [1.82, 2.24) is 10.6 Å². The van der Waals surface area contributed by atoms with Gasteiger partial charge in [-0.1, -0.05) is 31.5 Å². The molecule has 0 saturated carbocycles. The molecule has 1 rings (SSSR count). The monoisotopic (exact) mass is 348 g/mol. The average Bonchev–Trinajstić information content (AvgIpc) is 2.56. The highest BCUT2D eigenvalue weighted by atomic mass is 16.5. The van der Waals surface area contributed by atoms with Gasteiger partial charge in [-0.25, -0.2) is 4.79 Å². The van der Waals surface area contributed by atoms with Crippen LogP contribution in [0.2, 0.25) is 0 Å². The van der Waals surface area contributed by atoms with Gasteiger partial charge in [0.1, 0.15) is 6.04 Å². The fourth-order valence-corrected chi connectivity index (χ4v) is 2.43. The Labute approximate surface area is 149 Å². The Kier molecular flexibility index (Phi) is 8.67. The molecule has 2 amide bonds. The van der Waals surface area contributed by atoms with Crippen molar-refractivity contribution in [3.8, 4) is 0 Å². The maximum absolute atomic E-state index is 12.0. The SMILES string of the molecule is COC(=O)[C@H](CC(C)C)NC(=O)CCCNC(=O)c1cccc(C)c1. The first-order chi connectivity index (χ1) is 11.8. The number of amides is 2. The number of carbonyl (C=O) groups excluding carboxylic acids is 3. The second kappa shape index (κ2) is 10.5. The fraction of sp³-hybridized carbons (Fsp3) is 0.526. The second-order valence-corrected chi connectivity index (χ2v) is 6.50. The number of methoxy groups -OCH3 is 1. The summed E-state index contributed by atoms with van der Waals surface area (Å²) < 4.78 is 4.72. The fourth-order valence-electron chi connectivity index (χ4n) is 2.43. The van der Waals surface area contributed by atoms with E-state index in [1.807, 2.05) is 39.0 Å². The molecule has 138 valence electrons. The summed E-state index contributed by atoms with van der Waals surface area (Å²) in [6.45, 7) is 6.27. The second-order valence-electron chi connectivity index (χ2n) is 6.50. The lowest BCUT2D eigenvalue weighted by Gasteiger charge is -2.18. The van der Waals surface area contributed by atoms with Gasteiger partial charge in [-0.2, -0.15) is 0 Å². The van der Waals surface area contributed by atoms with Gasteiger partial charge in [0.05, 0.1) is 7.11 Å². The molecule has 0 saturated heterocycles. The standard InChI is InChI=1S/C19H28N2O4/c1-13(2)11-16(19(24)25-4)21-17(22)9-6-10-20-18(23)15-8-5-7-14(3)12-15/h5,7-8,12-13,16H,6,9-11H2,1-4H3,(H,20,23)(H,21,22)/t16-/m0/s1. The number of hydrogen-bond donors (Lipinski definition) is 2. The van der Waals surface area contributed by atoms with Gasteiger partial charge in [-0.15, -0.1) is 0 Å². The lowest BCUT2D eigenvalue weighted by molar-refractivity contribution is -0.145. The highest BCUT2D eigenvalue weighted by Gasteiger charge is 2.22. The van der Waals surface area contributed by atoms with Crippen LogP contribution in [0.25, 0.3) is 0 Å². The van der Waals surface area contributed by atoms with Crippen LogP contribution < -0.4 is 10.6 Å². The van der Waals surface area contributed by atoms with Crippen molar-refractivity contribution in [1.29, 1.82) is 0 Å². The van der Waals surface area contributed by atoms with Gasteiger partial charge in [-0.05, 0) is 37.8 Å².